The molecule has 2 aromatic rings. The number of hydrogen-bond acceptors (Lipinski definition) is 4. The lowest BCUT2D eigenvalue weighted by molar-refractivity contribution is 0.391. The predicted molar refractivity (Wildman–Crippen MR) is 60.0 cm³/mol. The summed E-state index contributed by atoms with van der Waals surface area (Å²) in [6, 6.07) is 3.95. The monoisotopic (exact) mass is 220 g/mol. The van der Waals surface area contributed by atoms with Gasteiger partial charge in [0.25, 0.3) is 0 Å². The van der Waals surface area contributed by atoms with Crippen molar-refractivity contribution in [3.63, 3.8) is 0 Å². The maximum Gasteiger partial charge on any atom is 0.138 e. The van der Waals surface area contributed by atoms with Gasteiger partial charge in [-0.3, -0.25) is 0 Å². The van der Waals surface area contributed by atoms with Crippen molar-refractivity contribution >= 4 is 0 Å². The van der Waals surface area contributed by atoms with Gasteiger partial charge in [-0.2, -0.15) is 0 Å². The van der Waals surface area contributed by atoms with Crippen molar-refractivity contribution in [1.29, 1.82) is 0 Å². The summed E-state index contributed by atoms with van der Waals surface area (Å²) in [5.41, 5.74) is 2.07. The van der Waals surface area contributed by atoms with Gasteiger partial charge in [-0.05, 0) is 32.9 Å². The SMILES string of the molecule is Cc1ccc(CNCc2c(C)noc2C)o1. The molecule has 0 aliphatic rings. The second kappa shape index (κ2) is 4.53. The van der Waals surface area contributed by atoms with Gasteiger partial charge in [0.2, 0.25) is 0 Å². The molecule has 2 rings (SSSR count). The summed E-state index contributed by atoms with van der Waals surface area (Å²) in [5, 5.41) is 7.21. The number of aromatic nitrogens is 1. The first-order chi connectivity index (χ1) is 7.66. The molecule has 2 aromatic heterocycles. The Labute approximate surface area is 94.6 Å². The Balaban J connectivity index is 1.89. The van der Waals surface area contributed by atoms with E-state index in [9.17, 15) is 0 Å². The van der Waals surface area contributed by atoms with Crippen molar-refractivity contribution in [2.75, 3.05) is 0 Å². The first-order valence-electron chi connectivity index (χ1n) is 5.34. The Hall–Kier alpha value is -1.55. The molecule has 0 aromatic carbocycles. The topological polar surface area (TPSA) is 51.2 Å². The van der Waals surface area contributed by atoms with Gasteiger partial charge < -0.3 is 14.3 Å². The second-order valence-electron chi connectivity index (χ2n) is 3.92. The molecule has 4 heteroatoms. The van der Waals surface area contributed by atoms with Crippen LogP contribution in [0.5, 0.6) is 0 Å². The van der Waals surface area contributed by atoms with E-state index in [0.29, 0.717) is 0 Å². The molecule has 0 saturated carbocycles. The summed E-state index contributed by atoms with van der Waals surface area (Å²) in [6.07, 6.45) is 0. The largest absolute Gasteiger partial charge is 0.465 e. The highest BCUT2D eigenvalue weighted by atomic mass is 16.5. The lowest BCUT2D eigenvalue weighted by Crippen LogP contribution is -2.13. The highest BCUT2D eigenvalue weighted by Crippen LogP contribution is 2.12. The van der Waals surface area contributed by atoms with Gasteiger partial charge in [-0.15, -0.1) is 0 Å². The van der Waals surface area contributed by atoms with Crippen LogP contribution >= 0.6 is 0 Å². The zero-order valence-corrected chi connectivity index (χ0v) is 9.83. The maximum absolute atomic E-state index is 5.46. The van der Waals surface area contributed by atoms with Crippen molar-refractivity contribution in [2.24, 2.45) is 0 Å². The van der Waals surface area contributed by atoms with E-state index in [1.807, 2.05) is 32.9 Å². The number of aryl methyl sites for hydroxylation is 3. The van der Waals surface area contributed by atoms with Gasteiger partial charge in [0.15, 0.2) is 0 Å². The summed E-state index contributed by atoms with van der Waals surface area (Å²) in [5.74, 6) is 2.76. The van der Waals surface area contributed by atoms with Crippen molar-refractivity contribution < 1.29 is 8.94 Å². The van der Waals surface area contributed by atoms with Gasteiger partial charge in [-0.1, -0.05) is 5.16 Å². The summed E-state index contributed by atoms with van der Waals surface area (Å²) in [4.78, 5) is 0. The Bertz CT molecular complexity index is 452. The van der Waals surface area contributed by atoms with Crippen molar-refractivity contribution in [3.05, 3.63) is 40.7 Å². The Kier molecular flexibility index (Phi) is 3.10. The number of furan rings is 1. The number of nitrogens with zero attached hydrogens (tertiary/aromatic N) is 1. The van der Waals surface area contributed by atoms with E-state index in [1.54, 1.807) is 0 Å². The van der Waals surface area contributed by atoms with Gasteiger partial charge in [0.1, 0.15) is 17.3 Å². The molecule has 4 nitrogen and oxygen atoms in total. The fourth-order valence-electron chi connectivity index (χ4n) is 1.65. The van der Waals surface area contributed by atoms with Gasteiger partial charge in [0.05, 0.1) is 12.2 Å². The van der Waals surface area contributed by atoms with Gasteiger partial charge in [0, 0.05) is 12.1 Å². The third kappa shape index (κ3) is 2.33. The fourth-order valence-corrected chi connectivity index (χ4v) is 1.65. The summed E-state index contributed by atoms with van der Waals surface area (Å²) < 4.78 is 10.6. The normalized spacial score (nSPS) is 10.9. The van der Waals surface area contributed by atoms with Crippen LogP contribution in [0.15, 0.2) is 21.1 Å². The van der Waals surface area contributed by atoms with Crippen LogP contribution in [0.1, 0.15) is 28.5 Å². The summed E-state index contributed by atoms with van der Waals surface area (Å²) in [6.45, 7) is 7.29. The van der Waals surface area contributed by atoms with Crippen LogP contribution in [0.25, 0.3) is 0 Å². The number of nitrogens with one attached hydrogen (secondary N) is 1. The van der Waals surface area contributed by atoms with Gasteiger partial charge >= 0.3 is 0 Å². The molecule has 16 heavy (non-hydrogen) atoms. The molecule has 0 atom stereocenters. The maximum atomic E-state index is 5.46. The minimum atomic E-state index is 0.720. The van der Waals surface area contributed by atoms with E-state index in [1.165, 1.54) is 0 Å². The van der Waals surface area contributed by atoms with E-state index >= 15 is 0 Å². The smallest absolute Gasteiger partial charge is 0.138 e. The molecule has 2 heterocycles. The van der Waals surface area contributed by atoms with Crippen LogP contribution in [0.4, 0.5) is 0 Å². The third-order valence-corrected chi connectivity index (χ3v) is 2.58. The quantitative estimate of drug-likeness (QED) is 0.860. The molecule has 0 aliphatic heterocycles. The molecule has 0 radical (unpaired) electrons. The summed E-state index contributed by atoms with van der Waals surface area (Å²) >= 11 is 0. The Morgan fingerprint density at radius 2 is 2.00 bits per heavy atom. The summed E-state index contributed by atoms with van der Waals surface area (Å²) in [7, 11) is 0. The average Bonchev–Trinajstić information content (AvgIpc) is 2.78. The molecule has 86 valence electrons. The molecular formula is C12H16N2O2. The first-order valence-corrected chi connectivity index (χ1v) is 5.34. The highest BCUT2D eigenvalue weighted by Gasteiger charge is 2.08. The molecule has 0 spiro atoms. The van der Waals surface area contributed by atoms with Gasteiger partial charge in [-0.25, -0.2) is 0 Å². The minimum absolute atomic E-state index is 0.720. The van der Waals surface area contributed by atoms with Crippen LogP contribution in [0.2, 0.25) is 0 Å². The molecule has 0 fully saturated rings. The van der Waals surface area contributed by atoms with Crippen molar-refractivity contribution in [3.8, 4) is 0 Å². The zero-order valence-electron chi connectivity index (χ0n) is 9.83. The lowest BCUT2D eigenvalue weighted by atomic mass is 10.2. The second-order valence-corrected chi connectivity index (χ2v) is 3.92. The number of rotatable bonds is 4. The van der Waals surface area contributed by atoms with E-state index in [4.69, 9.17) is 8.94 Å². The average molecular weight is 220 g/mol. The molecule has 0 amide bonds. The number of hydrogen-bond donors (Lipinski definition) is 1. The van der Waals surface area contributed by atoms with E-state index in [2.05, 4.69) is 10.5 Å². The first kappa shape index (κ1) is 11.0. The third-order valence-electron chi connectivity index (χ3n) is 2.58. The standard InChI is InChI=1S/C12H16N2O2/c1-8-4-5-11(15-8)6-13-7-12-9(2)14-16-10(12)3/h4-5,13H,6-7H2,1-3H3. The molecular weight excluding hydrogens is 204 g/mol. The van der Waals surface area contributed by atoms with E-state index < -0.39 is 0 Å². The molecule has 0 bridgehead atoms. The van der Waals surface area contributed by atoms with Crippen LogP contribution in [0, 0.1) is 20.8 Å². The predicted octanol–water partition coefficient (Wildman–Crippen LogP) is 2.48. The van der Waals surface area contributed by atoms with E-state index in [0.717, 1.165) is 41.6 Å². The lowest BCUT2D eigenvalue weighted by Gasteiger charge is -2.01. The van der Waals surface area contributed by atoms with Crippen LogP contribution in [-0.2, 0) is 13.1 Å². The van der Waals surface area contributed by atoms with Crippen molar-refractivity contribution in [2.45, 2.75) is 33.9 Å². The molecule has 0 unspecified atom stereocenters. The molecule has 1 N–H and O–H groups in total. The van der Waals surface area contributed by atoms with E-state index in [-0.39, 0.29) is 0 Å². The van der Waals surface area contributed by atoms with Crippen LogP contribution < -0.4 is 5.32 Å². The molecule has 0 saturated heterocycles. The highest BCUT2D eigenvalue weighted by molar-refractivity contribution is 5.20. The molecule has 0 aliphatic carbocycles. The minimum Gasteiger partial charge on any atom is -0.465 e. The van der Waals surface area contributed by atoms with Crippen molar-refractivity contribution in [1.82, 2.24) is 10.5 Å². The Morgan fingerprint density at radius 3 is 2.56 bits per heavy atom. The van der Waals surface area contributed by atoms with Crippen LogP contribution in [-0.4, -0.2) is 5.16 Å². The Morgan fingerprint density at radius 1 is 1.19 bits per heavy atom. The zero-order chi connectivity index (χ0) is 11.5. The fraction of sp³-hybridized carbons (Fsp3) is 0.417. The van der Waals surface area contributed by atoms with Crippen LogP contribution in [0.3, 0.4) is 0 Å².